The number of phenols is 1. The van der Waals surface area contributed by atoms with Crippen LogP contribution in [0.1, 0.15) is 46.2 Å². The zero-order valence-electron chi connectivity index (χ0n) is 14.1. The van der Waals surface area contributed by atoms with Crippen LogP contribution in [0.2, 0.25) is 0 Å². The van der Waals surface area contributed by atoms with Crippen molar-refractivity contribution in [1.82, 2.24) is 0 Å². The Morgan fingerprint density at radius 1 is 1.12 bits per heavy atom. The van der Waals surface area contributed by atoms with Crippen molar-refractivity contribution >= 4 is 5.78 Å². The first kappa shape index (κ1) is 17.0. The van der Waals surface area contributed by atoms with Crippen molar-refractivity contribution in [2.75, 3.05) is 7.11 Å². The summed E-state index contributed by atoms with van der Waals surface area (Å²) in [6.45, 7) is 1.18. The first-order valence-electron chi connectivity index (χ1n) is 8.10. The molecule has 2 aliphatic carbocycles. The van der Waals surface area contributed by atoms with Gasteiger partial charge in [-0.05, 0) is 24.6 Å². The molecule has 5 N–H and O–H groups in total. The van der Waals surface area contributed by atoms with Gasteiger partial charge in [0.2, 0.25) is 0 Å². The largest absolute Gasteiger partial charge is 0.507 e. The number of hydrogen-bond donors (Lipinski definition) is 5. The lowest BCUT2D eigenvalue weighted by atomic mass is 9.73. The number of carbonyl (C=O) groups excluding carboxylic acids is 1. The monoisotopic (exact) mass is 358 g/mol. The van der Waals surface area contributed by atoms with Crippen molar-refractivity contribution in [1.29, 1.82) is 0 Å². The smallest absolute Gasteiger partial charge is 0.194 e. The van der Waals surface area contributed by atoms with Gasteiger partial charge < -0.3 is 30.3 Å². The van der Waals surface area contributed by atoms with Crippen LogP contribution in [0.15, 0.2) is 24.3 Å². The van der Waals surface area contributed by atoms with Gasteiger partial charge >= 0.3 is 0 Å². The maximum atomic E-state index is 13.0. The molecule has 26 heavy (non-hydrogen) atoms. The highest BCUT2D eigenvalue weighted by molar-refractivity contribution is 6.24. The predicted molar refractivity (Wildman–Crippen MR) is 90.1 cm³/mol. The lowest BCUT2D eigenvalue weighted by Crippen LogP contribution is -2.52. The third-order valence-electron chi connectivity index (χ3n) is 5.39. The summed E-state index contributed by atoms with van der Waals surface area (Å²) >= 11 is 0. The fraction of sp³-hybridized carbons (Fsp3) is 0.316. The van der Waals surface area contributed by atoms with Crippen molar-refractivity contribution in [3.8, 4) is 22.6 Å². The fourth-order valence-corrected chi connectivity index (χ4v) is 3.98. The fourth-order valence-electron chi connectivity index (χ4n) is 3.98. The molecule has 0 unspecified atom stereocenters. The van der Waals surface area contributed by atoms with Gasteiger partial charge in [-0.1, -0.05) is 12.1 Å². The van der Waals surface area contributed by atoms with Gasteiger partial charge in [-0.2, -0.15) is 0 Å². The highest BCUT2D eigenvalue weighted by atomic mass is 16.5. The molecule has 0 amide bonds. The minimum absolute atomic E-state index is 0.000556. The molecular formula is C19H18O7. The molecule has 0 saturated heterocycles. The van der Waals surface area contributed by atoms with Gasteiger partial charge in [-0.15, -0.1) is 0 Å². The molecule has 0 spiro atoms. The first-order valence-corrected chi connectivity index (χ1v) is 8.10. The predicted octanol–water partition coefficient (Wildman–Crippen LogP) is 0.804. The molecule has 0 aromatic heterocycles. The van der Waals surface area contributed by atoms with E-state index in [1.54, 1.807) is 18.2 Å². The summed E-state index contributed by atoms with van der Waals surface area (Å²) in [6.07, 6.45) is -4.91. The van der Waals surface area contributed by atoms with E-state index in [9.17, 15) is 30.3 Å². The SMILES string of the molecule is COc1cccc2c1-c1c(O)cc3c(c1C2=O)[C@@H](O)[C@H](O)[C@@](C)(O)[C@@H]3O. The minimum atomic E-state index is -2.04. The quantitative estimate of drug-likeness (QED) is 0.435. The molecular weight excluding hydrogens is 340 g/mol. The summed E-state index contributed by atoms with van der Waals surface area (Å²) in [5, 5.41) is 52.2. The molecule has 0 bridgehead atoms. The molecule has 4 rings (SSSR count). The summed E-state index contributed by atoms with van der Waals surface area (Å²) in [4.78, 5) is 13.0. The Hall–Kier alpha value is -2.45. The Labute approximate surface area is 148 Å². The number of hydrogen-bond acceptors (Lipinski definition) is 7. The van der Waals surface area contributed by atoms with Gasteiger partial charge in [-0.3, -0.25) is 4.79 Å². The highest BCUT2D eigenvalue weighted by Gasteiger charge is 2.52. The number of methoxy groups -OCH3 is 1. The number of carbonyl (C=O) groups is 1. The molecule has 0 saturated carbocycles. The van der Waals surface area contributed by atoms with Crippen molar-refractivity contribution in [3.05, 3.63) is 46.5 Å². The Balaban J connectivity index is 2.09. The Bertz CT molecular complexity index is 947. The lowest BCUT2D eigenvalue weighted by molar-refractivity contribution is -0.181. The van der Waals surface area contributed by atoms with Gasteiger partial charge in [0.25, 0.3) is 0 Å². The number of aromatic hydroxyl groups is 1. The van der Waals surface area contributed by atoms with E-state index in [4.69, 9.17) is 4.74 Å². The number of aliphatic hydroxyl groups is 4. The molecule has 2 aliphatic rings. The molecule has 0 fully saturated rings. The van der Waals surface area contributed by atoms with Gasteiger partial charge in [0, 0.05) is 27.8 Å². The van der Waals surface area contributed by atoms with E-state index in [-0.39, 0.29) is 33.6 Å². The summed E-state index contributed by atoms with van der Waals surface area (Å²) in [5.74, 6) is -0.363. The van der Waals surface area contributed by atoms with Crippen molar-refractivity contribution in [2.24, 2.45) is 0 Å². The molecule has 0 aliphatic heterocycles. The third-order valence-corrected chi connectivity index (χ3v) is 5.39. The van der Waals surface area contributed by atoms with Crippen LogP contribution >= 0.6 is 0 Å². The second-order valence-electron chi connectivity index (χ2n) is 6.88. The summed E-state index contributed by atoms with van der Waals surface area (Å²) in [5.41, 5.74) is -1.17. The minimum Gasteiger partial charge on any atom is -0.507 e. The average Bonchev–Trinajstić information content (AvgIpc) is 2.92. The van der Waals surface area contributed by atoms with Crippen LogP contribution in [0.5, 0.6) is 11.5 Å². The van der Waals surface area contributed by atoms with Gasteiger partial charge in [0.1, 0.15) is 35.4 Å². The summed E-state index contributed by atoms with van der Waals surface area (Å²) in [7, 11) is 1.44. The van der Waals surface area contributed by atoms with E-state index in [0.717, 1.165) is 0 Å². The number of ether oxygens (including phenoxy) is 1. The van der Waals surface area contributed by atoms with Crippen LogP contribution in [0, 0.1) is 0 Å². The van der Waals surface area contributed by atoms with Gasteiger partial charge in [-0.25, -0.2) is 0 Å². The van der Waals surface area contributed by atoms with Crippen LogP contribution < -0.4 is 4.74 Å². The number of benzene rings is 2. The summed E-state index contributed by atoms with van der Waals surface area (Å²) in [6, 6.07) is 6.06. The van der Waals surface area contributed by atoms with Crippen molar-refractivity contribution < 1.29 is 35.1 Å². The molecule has 7 heteroatoms. The van der Waals surface area contributed by atoms with Crippen LogP contribution in [0.3, 0.4) is 0 Å². The standard InChI is InChI=1S/C19H18O7/c1-19(25)17(23)8-6-9(20)13-11-7(4-3-5-10(11)26-2)15(21)14(13)12(8)16(22)18(19)24/h3-6,16-18,20,22-25H,1-2H3/t16-,17-,18+,19+/m1/s1. The van der Waals surface area contributed by atoms with E-state index >= 15 is 0 Å². The van der Waals surface area contributed by atoms with Crippen LogP contribution in [-0.4, -0.2) is 50.1 Å². The molecule has 4 atom stereocenters. The normalized spacial score (nSPS) is 29.2. The number of aliphatic hydroxyl groups excluding tert-OH is 3. The van der Waals surface area contributed by atoms with Crippen molar-refractivity contribution in [2.45, 2.75) is 30.8 Å². The lowest BCUT2D eigenvalue weighted by Gasteiger charge is -2.42. The zero-order chi connectivity index (χ0) is 19.0. The number of ketones is 1. The molecule has 0 radical (unpaired) electrons. The first-order chi connectivity index (χ1) is 12.2. The van der Waals surface area contributed by atoms with Crippen LogP contribution in [0.25, 0.3) is 11.1 Å². The third kappa shape index (κ3) is 1.88. The molecule has 0 heterocycles. The topological polar surface area (TPSA) is 127 Å². The molecule has 2 aromatic rings. The van der Waals surface area contributed by atoms with Gasteiger partial charge in [0.05, 0.1) is 7.11 Å². The van der Waals surface area contributed by atoms with E-state index in [2.05, 4.69) is 0 Å². The number of phenolic OH excluding ortho intramolecular Hbond substituents is 1. The van der Waals surface area contributed by atoms with E-state index < -0.39 is 29.7 Å². The molecule has 2 aromatic carbocycles. The molecule has 7 nitrogen and oxygen atoms in total. The number of rotatable bonds is 1. The van der Waals surface area contributed by atoms with E-state index in [1.807, 2.05) is 0 Å². The number of fused-ring (bicyclic) bond motifs is 5. The highest BCUT2D eigenvalue weighted by Crippen LogP contribution is 2.54. The van der Waals surface area contributed by atoms with Crippen LogP contribution in [-0.2, 0) is 0 Å². The average molecular weight is 358 g/mol. The van der Waals surface area contributed by atoms with Crippen LogP contribution in [0.4, 0.5) is 0 Å². The van der Waals surface area contributed by atoms with E-state index in [0.29, 0.717) is 11.3 Å². The van der Waals surface area contributed by atoms with Gasteiger partial charge in [0.15, 0.2) is 5.78 Å². The Morgan fingerprint density at radius 3 is 2.46 bits per heavy atom. The van der Waals surface area contributed by atoms with Crippen molar-refractivity contribution in [3.63, 3.8) is 0 Å². The summed E-state index contributed by atoms with van der Waals surface area (Å²) < 4.78 is 5.30. The Morgan fingerprint density at radius 2 is 1.81 bits per heavy atom. The maximum absolute atomic E-state index is 13.0. The second-order valence-corrected chi connectivity index (χ2v) is 6.88. The molecule has 136 valence electrons. The Kier molecular flexibility index (Phi) is 3.45. The maximum Gasteiger partial charge on any atom is 0.194 e. The van der Waals surface area contributed by atoms with E-state index in [1.165, 1.54) is 20.1 Å². The zero-order valence-corrected chi connectivity index (χ0v) is 14.1. The second kappa shape index (κ2) is 5.28.